The van der Waals surface area contributed by atoms with E-state index in [-0.39, 0.29) is 5.56 Å². The Morgan fingerprint density at radius 3 is 2.67 bits per heavy atom. The fourth-order valence-electron chi connectivity index (χ4n) is 1.51. The average Bonchev–Trinajstić information content (AvgIpc) is 2.41. The zero-order valence-corrected chi connectivity index (χ0v) is 9.62. The molecule has 0 radical (unpaired) electrons. The summed E-state index contributed by atoms with van der Waals surface area (Å²) >= 11 is 0. The molecule has 7 heteroatoms. The molecule has 7 nitrogen and oxygen atoms in total. The molecule has 2 aromatic rings. The number of nitrogens with zero attached hydrogens (tertiary/aromatic N) is 3. The molecular weight excluding hydrogens is 234 g/mol. The number of nitrogen functional groups attached to an aromatic ring is 1. The van der Waals surface area contributed by atoms with Crippen molar-refractivity contribution in [1.29, 1.82) is 0 Å². The van der Waals surface area contributed by atoms with Crippen LogP contribution in [0.25, 0.3) is 11.3 Å². The van der Waals surface area contributed by atoms with Crippen molar-refractivity contribution in [3.63, 3.8) is 0 Å². The molecule has 2 aromatic heterocycles. The summed E-state index contributed by atoms with van der Waals surface area (Å²) in [5.41, 5.74) is 2.63. The van der Waals surface area contributed by atoms with Crippen molar-refractivity contribution in [3.05, 3.63) is 46.5 Å². The Kier molecular flexibility index (Phi) is 3.16. The third kappa shape index (κ3) is 2.11. The predicted molar refractivity (Wildman–Crippen MR) is 64.4 cm³/mol. The maximum atomic E-state index is 11.7. The minimum absolute atomic E-state index is 0.0539. The first-order valence-corrected chi connectivity index (χ1v) is 5.13. The quantitative estimate of drug-likeness (QED) is 0.419. The molecule has 0 aliphatic heterocycles. The van der Waals surface area contributed by atoms with Crippen LogP contribution in [0.1, 0.15) is 10.4 Å². The fraction of sp³-hybridized carbons (Fsp3) is 0.0909. The van der Waals surface area contributed by atoms with Crippen LogP contribution in [-0.4, -0.2) is 20.7 Å². The molecule has 0 bridgehead atoms. The summed E-state index contributed by atoms with van der Waals surface area (Å²) in [7, 11) is 1.47. The van der Waals surface area contributed by atoms with Crippen molar-refractivity contribution in [2.75, 3.05) is 0 Å². The predicted octanol–water partition coefficient (Wildman–Crippen LogP) is -0.554. The zero-order valence-electron chi connectivity index (χ0n) is 9.62. The van der Waals surface area contributed by atoms with Crippen LogP contribution in [0, 0.1) is 0 Å². The monoisotopic (exact) mass is 245 g/mol. The van der Waals surface area contributed by atoms with Gasteiger partial charge >= 0.3 is 0 Å². The van der Waals surface area contributed by atoms with E-state index in [1.54, 1.807) is 24.5 Å². The molecule has 0 aliphatic rings. The molecular formula is C11H11N5O2. The SMILES string of the molecule is Cn1nc(-c2ccncc2)cc(C(=O)NN)c1=O. The number of hydrazine groups is 1. The normalized spacial score (nSPS) is 10.1. The lowest BCUT2D eigenvalue weighted by Gasteiger charge is -2.06. The first-order valence-electron chi connectivity index (χ1n) is 5.13. The number of amides is 1. The van der Waals surface area contributed by atoms with Gasteiger partial charge in [0.2, 0.25) is 0 Å². The lowest BCUT2D eigenvalue weighted by Crippen LogP contribution is -2.36. The Morgan fingerprint density at radius 1 is 1.39 bits per heavy atom. The highest BCUT2D eigenvalue weighted by atomic mass is 16.2. The summed E-state index contributed by atoms with van der Waals surface area (Å²) in [6, 6.07) is 4.87. The second kappa shape index (κ2) is 4.76. The average molecular weight is 245 g/mol. The van der Waals surface area contributed by atoms with Crippen LogP contribution in [0.4, 0.5) is 0 Å². The van der Waals surface area contributed by atoms with Gasteiger partial charge in [0.05, 0.1) is 5.69 Å². The maximum absolute atomic E-state index is 11.7. The number of carbonyl (C=O) groups is 1. The first kappa shape index (κ1) is 11.9. The smallest absolute Gasteiger partial charge is 0.279 e. The van der Waals surface area contributed by atoms with Crippen molar-refractivity contribution in [1.82, 2.24) is 20.2 Å². The molecule has 0 atom stereocenters. The summed E-state index contributed by atoms with van der Waals surface area (Å²) in [6.45, 7) is 0. The molecule has 0 spiro atoms. The minimum atomic E-state index is -0.645. The van der Waals surface area contributed by atoms with Gasteiger partial charge in [0.15, 0.2) is 0 Å². The molecule has 2 heterocycles. The van der Waals surface area contributed by atoms with Crippen molar-refractivity contribution >= 4 is 5.91 Å². The molecule has 0 saturated carbocycles. The van der Waals surface area contributed by atoms with E-state index in [0.717, 1.165) is 10.2 Å². The van der Waals surface area contributed by atoms with Crippen molar-refractivity contribution in [2.24, 2.45) is 12.9 Å². The van der Waals surface area contributed by atoms with E-state index >= 15 is 0 Å². The van der Waals surface area contributed by atoms with Crippen molar-refractivity contribution in [3.8, 4) is 11.3 Å². The number of carbonyl (C=O) groups excluding carboxylic acids is 1. The van der Waals surface area contributed by atoms with E-state index in [1.165, 1.54) is 13.1 Å². The molecule has 0 fully saturated rings. The van der Waals surface area contributed by atoms with Crippen molar-refractivity contribution < 1.29 is 4.79 Å². The van der Waals surface area contributed by atoms with Crippen LogP contribution in [0.2, 0.25) is 0 Å². The van der Waals surface area contributed by atoms with E-state index in [2.05, 4.69) is 10.1 Å². The molecule has 1 amide bonds. The van der Waals surface area contributed by atoms with Crippen LogP contribution in [0.3, 0.4) is 0 Å². The van der Waals surface area contributed by atoms with Crippen molar-refractivity contribution in [2.45, 2.75) is 0 Å². The van der Waals surface area contributed by atoms with Gasteiger partial charge in [0.1, 0.15) is 5.56 Å². The highest BCUT2D eigenvalue weighted by Crippen LogP contribution is 2.14. The molecule has 3 N–H and O–H groups in total. The second-order valence-electron chi connectivity index (χ2n) is 3.58. The third-order valence-electron chi connectivity index (χ3n) is 2.41. The second-order valence-corrected chi connectivity index (χ2v) is 3.58. The number of aromatic nitrogens is 3. The summed E-state index contributed by atoms with van der Waals surface area (Å²) in [5.74, 6) is 4.39. The summed E-state index contributed by atoms with van der Waals surface area (Å²) in [4.78, 5) is 27.1. The number of hydrogen-bond donors (Lipinski definition) is 2. The Morgan fingerprint density at radius 2 is 2.06 bits per heavy atom. The molecule has 0 aliphatic carbocycles. The Balaban J connectivity index is 2.62. The van der Waals surface area contributed by atoms with Gasteiger partial charge < -0.3 is 0 Å². The van der Waals surface area contributed by atoms with Gasteiger partial charge in [-0.2, -0.15) is 5.10 Å². The number of nitrogens with two attached hydrogens (primary N) is 1. The van der Waals surface area contributed by atoms with Crippen LogP contribution in [0.15, 0.2) is 35.4 Å². The van der Waals surface area contributed by atoms with E-state index in [1.807, 2.05) is 5.43 Å². The highest BCUT2D eigenvalue weighted by Gasteiger charge is 2.13. The lowest BCUT2D eigenvalue weighted by atomic mass is 10.1. The van der Waals surface area contributed by atoms with Crippen LogP contribution < -0.4 is 16.8 Å². The van der Waals surface area contributed by atoms with Gasteiger partial charge in [0, 0.05) is 25.0 Å². The number of hydrogen-bond acceptors (Lipinski definition) is 5. The van der Waals surface area contributed by atoms with Crippen LogP contribution in [0.5, 0.6) is 0 Å². The topological polar surface area (TPSA) is 103 Å². The van der Waals surface area contributed by atoms with E-state index in [9.17, 15) is 9.59 Å². The molecule has 0 unspecified atom stereocenters. The summed E-state index contributed by atoms with van der Waals surface area (Å²) in [5, 5.41) is 4.08. The van der Waals surface area contributed by atoms with Gasteiger partial charge in [-0.3, -0.25) is 20.0 Å². The standard InChI is InChI=1S/C11H11N5O2/c1-16-11(18)8(10(17)14-12)6-9(15-16)7-2-4-13-5-3-7/h2-6H,12H2,1H3,(H,14,17). The fourth-order valence-corrected chi connectivity index (χ4v) is 1.51. The van der Waals surface area contributed by atoms with Gasteiger partial charge in [-0.05, 0) is 18.2 Å². The van der Waals surface area contributed by atoms with Crippen LogP contribution >= 0.6 is 0 Å². The molecule has 92 valence electrons. The summed E-state index contributed by atoms with van der Waals surface area (Å²) in [6.07, 6.45) is 3.20. The Labute approximate surface area is 102 Å². The van der Waals surface area contributed by atoms with Crippen LogP contribution in [-0.2, 0) is 7.05 Å². The largest absolute Gasteiger partial charge is 0.290 e. The van der Waals surface area contributed by atoms with Gasteiger partial charge in [-0.15, -0.1) is 0 Å². The van der Waals surface area contributed by atoms with Gasteiger partial charge in [0.25, 0.3) is 11.5 Å². The van der Waals surface area contributed by atoms with E-state index in [0.29, 0.717) is 5.69 Å². The number of pyridine rings is 1. The third-order valence-corrected chi connectivity index (χ3v) is 2.41. The molecule has 0 saturated heterocycles. The van der Waals surface area contributed by atoms with E-state index < -0.39 is 11.5 Å². The summed E-state index contributed by atoms with van der Waals surface area (Å²) < 4.78 is 1.10. The highest BCUT2D eigenvalue weighted by molar-refractivity contribution is 5.94. The van der Waals surface area contributed by atoms with Gasteiger partial charge in [-0.25, -0.2) is 10.5 Å². The molecule has 18 heavy (non-hydrogen) atoms. The zero-order chi connectivity index (χ0) is 13.1. The number of aryl methyl sites for hydroxylation is 1. The molecule has 0 aromatic carbocycles. The Bertz CT molecular complexity index is 636. The minimum Gasteiger partial charge on any atom is -0.290 e. The maximum Gasteiger partial charge on any atom is 0.279 e. The number of nitrogens with one attached hydrogen (secondary N) is 1. The lowest BCUT2D eigenvalue weighted by molar-refractivity contribution is 0.0951. The Hall–Kier alpha value is -2.54. The number of rotatable bonds is 2. The van der Waals surface area contributed by atoms with Gasteiger partial charge in [-0.1, -0.05) is 0 Å². The molecule has 2 rings (SSSR count). The first-order chi connectivity index (χ1) is 8.63. The van der Waals surface area contributed by atoms with E-state index in [4.69, 9.17) is 5.84 Å².